The van der Waals surface area contributed by atoms with E-state index >= 15 is 0 Å². The van der Waals surface area contributed by atoms with Crippen LogP contribution in [0.25, 0.3) is 0 Å². The Morgan fingerprint density at radius 3 is 2.53 bits per heavy atom. The molecule has 4 nitrogen and oxygen atoms in total. The number of alkyl halides is 1. The normalized spacial score (nSPS) is 23.4. The molecule has 2 unspecified atom stereocenters. The average Bonchev–Trinajstić information content (AvgIpc) is 2.62. The third-order valence-corrected chi connectivity index (χ3v) is 4.70. The number of hydrogen-bond donors (Lipinski definition) is 0. The molecule has 1 aromatic rings. The van der Waals surface area contributed by atoms with Gasteiger partial charge in [-0.25, -0.2) is 0 Å². The molecule has 0 saturated heterocycles. The first-order valence-electron chi connectivity index (χ1n) is 6.85. The van der Waals surface area contributed by atoms with Crippen molar-refractivity contribution in [3.05, 3.63) is 17.0 Å². The Morgan fingerprint density at radius 1 is 1.37 bits per heavy atom. The van der Waals surface area contributed by atoms with Crippen LogP contribution >= 0.6 is 11.6 Å². The van der Waals surface area contributed by atoms with E-state index in [2.05, 4.69) is 5.10 Å². The third-order valence-electron chi connectivity index (χ3n) is 4.19. The maximum atomic E-state index is 12.7. The largest absolute Gasteiger partial charge is 0.337 e. The predicted molar refractivity (Wildman–Crippen MR) is 76.7 cm³/mol. The second kappa shape index (κ2) is 5.53. The Hall–Kier alpha value is -1.03. The monoisotopic (exact) mass is 283 g/mol. The lowest BCUT2D eigenvalue weighted by atomic mass is 9.93. The van der Waals surface area contributed by atoms with E-state index in [4.69, 9.17) is 11.6 Å². The molecule has 1 saturated carbocycles. The Kier molecular flexibility index (Phi) is 4.19. The molecule has 2 rings (SSSR count). The van der Waals surface area contributed by atoms with Gasteiger partial charge in [0.25, 0.3) is 5.91 Å². The van der Waals surface area contributed by atoms with Crippen molar-refractivity contribution < 1.29 is 4.79 Å². The summed E-state index contributed by atoms with van der Waals surface area (Å²) in [6, 6.07) is 0.141. The molecule has 106 valence electrons. The van der Waals surface area contributed by atoms with Crippen molar-refractivity contribution in [2.45, 2.75) is 50.9 Å². The maximum absolute atomic E-state index is 12.7. The Morgan fingerprint density at radius 2 is 2.00 bits per heavy atom. The zero-order valence-electron chi connectivity index (χ0n) is 12.1. The van der Waals surface area contributed by atoms with Crippen molar-refractivity contribution in [2.75, 3.05) is 7.05 Å². The molecule has 1 amide bonds. The topological polar surface area (TPSA) is 38.1 Å². The smallest absolute Gasteiger partial charge is 0.257 e. The van der Waals surface area contributed by atoms with Gasteiger partial charge in [-0.15, -0.1) is 11.6 Å². The third kappa shape index (κ3) is 2.64. The molecule has 1 heterocycles. The van der Waals surface area contributed by atoms with Crippen LogP contribution in [0.5, 0.6) is 0 Å². The number of nitrogens with zero attached hydrogens (tertiary/aromatic N) is 3. The van der Waals surface area contributed by atoms with E-state index in [-0.39, 0.29) is 17.3 Å². The van der Waals surface area contributed by atoms with E-state index in [9.17, 15) is 4.79 Å². The number of aromatic nitrogens is 2. The van der Waals surface area contributed by atoms with Crippen molar-refractivity contribution in [3.8, 4) is 0 Å². The highest BCUT2D eigenvalue weighted by Crippen LogP contribution is 2.28. The first-order valence-corrected chi connectivity index (χ1v) is 7.28. The van der Waals surface area contributed by atoms with E-state index in [1.165, 1.54) is 0 Å². The highest BCUT2D eigenvalue weighted by atomic mass is 35.5. The van der Waals surface area contributed by atoms with Crippen LogP contribution in [0.3, 0.4) is 0 Å². The van der Waals surface area contributed by atoms with Gasteiger partial charge in [0.15, 0.2) is 0 Å². The zero-order valence-corrected chi connectivity index (χ0v) is 12.9. The molecule has 0 aliphatic heterocycles. The van der Waals surface area contributed by atoms with Gasteiger partial charge >= 0.3 is 0 Å². The van der Waals surface area contributed by atoms with Gasteiger partial charge in [-0.2, -0.15) is 5.10 Å². The van der Waals surface area contributed by atoms with Crippen molar-refractivity contribution in [1.82, 2.24) is 14.7 Å². The van der Waals surface area contributed by atoms with Crippen molar-refractivity contribution in [3.63, 3.8) is 0 Å². The van der Waals surface area contributed by atoms with Gasteiger partial charge in [-0.3, -0.25) is 9.48 Å². The van der Waals surface area contributed by atoms with E-state index in [1.54, 1.807) is 4.68 Å². The van der Waals surface area contributed by atoms with E-state index in [0.29, 0.717) is 0 Å². The van der Waals surface area contributed by atoms with Crippen LogP contribution in [0.15, 0.2) is 0 Å². The number of amides is 1. The highest BCUT2D eigenvalue weighted by Gasteiger charge is 2.31. The lowest BCUT2D eigenvalue weighted by Gasteiger charge is -2.35. The molecular weight excluding hydrogens is 262 g/mol. The van der Waals surface area contributed by atoms with Gasteiger partial charge in [0.2, 0.25) is 0 Å². The molecule has 0 bridgehead atoms. The van der Waals surface area contributed by atoms with Crippen LogP contribution in [-0.2, 0) is 7.05 Å². The predicted octanol–water partition coefficient (Wildman–Crippen LogP) is 2.66. The summed E-state index contributed by atoms with van der Waals surface area (Å²) in [5.41, 5.74) is 2.43. The second-order valence-corrected chi connectivity index (χ2v) is 6.01. The number of carbonyl (C=O) groups excluding carboxylic acids is 1. The van der Waals surface area contributed by atoms with Crippen molar-refractivity contribution >= 4 is 17.5 Å². The summed E-state index contributed by atoms with van der Waals surface area (Å²) in [6.07, 6.45) is 4.30. The molecule has 1 aromatic heterocycles. The van der Waals surface area contributed by atoms with Gasteiger partial charge in [-0.05, 0) is 26.7 Å². The molecule has 1 aliphatic rings. The van der Waals surface area contributed by atoms with Crippen LogP contribution in [-0.4, -0.2) is 39.1 Å². The van der Waals surface area contributed by atoms with Gasteiger partial charge in [-0.1, -0.05) is 12.8 Å². The minimum atomic E-state index is 0.0423. The van der Waals surface area contributed by atoms with Crippen LogP contribution in [0, 0.1) is 13.8 Å². The van der Waals surface area contributed by atoms with Gasteiger partial charge in [0.1, 0.15) is 0 Å². The first kappa shape index (κ1) is 14.4. The van der Waals surface area contributed by atoms with Crippen molar-refractivity contribution in [2.24, 2.45) is 7.05 Å². The molecule has 19 heavy (non-hydrogen) atoms. The Balaban J connectivity index is 2.23. The molecule has 0 aromatic carbocycles. The summed E-state index contributed by atoms with van der Waals surface area (Å²) in [6.45, 7) is 3.81. The Bertz CT molecular complexity index is 483. The van der Waals surface area contributed by atoms with Crippen LogP contribution in [0.1, 0.15) is 47.4 Å². The van der Waals surface area contributed by atoms with Gasteiger partial charge in [0.05, 0.1) is 16.6 Å². The fourth-order valence-corrected chi connectivity index (χ4v) is 3.36. The highest BCUT2D eigenvalue weighted by molar-refractivity contribution is 6.21. The number of carbonyl (C=O) groups is 1. The maximum Gasteiger partial charge on any atom is 0.257 e. The van der Waals surface area contributed by atoms with Gasteiger partial charge in [0, 0.05) is 25.8 Å². The molecule has 0 spiro atoms. The lowest BCUT2D eigenvalue weighted by Crippen LogP contribution is -2.44. The number of aryl methyl sites for hydroxylation is 2. The van der Waals surface area contributed by atoms with E-state index in [0.717, 1.165) is 42.6 Å². The van der Waals surface area contributed by atoms with Crippen LogP contribution in [0.2, 0.25) is 0 Å². The van der Waals surface area contributed by atoms with Crippen molar-refractivity contribution in [1.29, 1.82) is 0 Å². The van der Waals surface area contributed by atoms with E-state index < -0.39 is 0 Å². The summed E-state index contributed by atoms with van der Waals surface area (Å²) in [4.78, 5) is 14.5. The molecular formula is C14H22ClN3O. The number of rotatable bonds is 2. The molecule has 0 N–H and O–H groups in total. The molecule has 0 radical (unpaired) electrons. The lowest BCUT2D eigenvalue weighted by molar-refractivity contribution is 0.0699. The standard InChI is InChI=1S/C14H22ClN3O/c1-9-13(10(2)18(4)16-9)14(19)17(3)12-8-6-5-7-11(12)15/h11-12H,5-8H2,1-4H3. The number of halogens is 1. The summed E-state index contributed by atoms with van der Waals surface area (Å²) in [5, 5.41) is 4.38. The summed E-state index contributed by atoms with van der Waals surface area (Å²) >= 11 is 6.38. The minimum absolute atomic E-state index is 0.0423. The summed E-state index contributed by atoms with van der Waals surface area (Å²) < 4.78 is 1.76. The summed E-state index contributed by atoms with van der Waals surface area (Å²) in [5.74, 6) is 0.0423. The SMILES string of the molecule is Cc1nn(C)c(C)c1C(=O)N(C)C1CCCCC1Cl. The molecule has 1 aliphatic carbocycles. The minimum Gasteiger partial charge on any atom is -0.337 e. The second-order valence-electron chi connectivity index (χ2n) is 5.45. The molecule has 1 fully saturated rings. The fourth-order valence-electron chi connectivity index (χ4n) is 2.91. The van der Waals surface area contributed by atoms with E-state index in [1.807, 2.05) is 32.8 Å². The quantitative estimate of drug-likeness (QED) is 0.783. The summed E-state index contributed by atoms with van der Waals surface area (Å²) in [7, 11) is 3.73. The molecule has 5 heteroatoms. The molecule has 2 atom stereocenters. The first-order chi connectivity index (χ1) is 8.93. The Labute approximate surface area is 119 Å². The average molecular weight is 284 g/mol. The van der Waals surface area contributed by atoms with Crippen LogP contribution in [0.4, 0.5) is 0 Å². The van der Waals surface area contributed by atoms with Gasteiger partial charge < -0.3 is 4.90 Å². The fraction of sp³-hybridized carbons (Fsp3) is 0.714. The van der Waals surface area contributed by atoms with Crippen LogP contribution < -0.4 is 0 Å². The zero-order chi connectivity index (χ0) is 14.2. The number of hydrogen-bond acceptors (Lipinski definition) is 2.